The highest BCUT2D eigenvalue weighted by molar-refractivity contribution is 7.22. The third-order valence-corrected chi connectivity index (χ3v) is 7.84. The lowest BCUT2D eigenvalue weighted by Crippen LogP contribution is -2.38. The minimum absolute atomic E-state index is 0.186. The number of aromatic nitrogens is 1. The lowest BCUT2D eigenvalue weighted by Gasteiger charge is -2.22. The molecule has 0 bridgehead atoms. The highest BCUT2D eigenvalue weighted by Crippen LogP contribution is 2.39. The first-order valence-electron chi connectivity index (χ1n) is 12.7. The Morgan fingerprint density at radius 1 is 0.902 bits per heavy atom. The van der Waals surface area contributed by atoms with Crippen molar-refractivity contribution in [1.82, 2.24) is 4.98 Å². The van der Waals surface area contributed by atoms with Crippen molar-refractivity contribution < 1.29 is 28.7 Å². The molecule has 0 aliphatic carbocycles. The number of hydrogen-bond acceptors (Lipinski definition) is 8. The fraction of sp³-hybridized carbons (Fsp3) is 0.0938. The first-order chi connectivity index (χ1) is 19.9. The van der Waals surface area contributed by atoms with E-state index in [9.17, 15) is 19.2 Å². The Labute approximate surface area is 238 Å². The van der Waals surface area contributed by atoms with Gasteiger partial charge in [0.05, 0.1) is 22.9 Å². The summed E-state index contributed by atoms with van der Waals surface area (Å²) >= 11 is 1.16. The van der Waals surface area contributed by atoms with E-state index >= 15 is 0 Å². The van der Waals surface area contributed by atoms with Gasteiger partial charge in [0, 0.05) is 11.1 Å². The molecule has 0 radical (unpaired) electrons. The number of Topliss-reactive ketones (excluding diaryl/α,β-unsaturated/α-hetero) is 2. The van der Waals surface area contributed by atoms with Gasteiger partial charge < -0.3 is 9.47 Å². The van der Waals surface area contributed by atoms with Gasteiger partial charge >= 0.3 is 5.97 Å². The van der Waals surface area contributed by atoms with Crippen molar-refractivity contribution in [2.75, 3.05) is 12.4 Å². The molecule has 0 fully saturated rings. The molecule has 6 rings (SSSR count). The Bertz CT molecular complexity index is 1830. The molecule has 2 heterocycles. The van der Waals surface area contributed by atoms with E-state index in [4.69, 9.17) is 9.47 Å². The maximum Gasteiger partial charge on any atom is 0.339 e. The van der Waals surface area contributed by atoms with Gasteiger partial charge in [-0.3, -0.25) is 19.7 Å². The van der Waals surface area contributed by atoms with Gasteiger partial charge in [-0.05, 0) is 35.4 Å². The summed E-state index contributed by atoms with van der Waals surface area (Å²) in [6.07, 6.45) is -1.27. The molecule has 0 unspecified atom stereocenters. The number of rotatable bonds is 8. The summed E-state index contributed by atoms with van der Waals surface area (Å²) in [4.78, 5) is 58.6. The molecule has 1 aliphatic heterocycles. The van der Waals surface area contributed by atoms with Crippen molar-refractivity contribution in [3.63, 3.8) is 0 Å². The summed E-state index contributed by atoms with van der Waals surface area (Å²) in [5.41, 5.74) is 2.83. The molecule has 1 aromatic heterocycles. The van der Waals surface area contributed by atoms with Crippen molar-refractivity contribution in [1.29, 1.82) is 0 Å². The fourth-order valence-electron chi connectivity index (χ4n) is 4.94. The Balaban J connectivity index is 1.39. The SMILES string of the molecule is COc1ccc2nc(NC(=O)C(=O)[C@H](C(=O)c3ccccc3-c3ccccc3)[C@H]3OC(=O)c4ccccc43)sc2c1. The van der Waals surface area contributed by atoms with Crippen LogP contribution >= 0.6 is 11.3 Å². The van der Waals surface area contributed by atoms with Crippen molar-refractivity contribution >= 4 is 50.1 Å². The number of fused-ring (bicyclic) bond motifs is 2. The number of thiazole rings is 1. The van der Waals surface area contributed by atoms with Gasteiger partial charge in [0.2, 0.25) is 5.78 Å². The van der Waals surface area contributed by atoms with E-state index in [1.54, 1.807) is 73.8 Å². The van der Waals surface area contributed by atoms with Crippen molar-refractivity contribution in [2.24, 2.45) is 5.92 Å². The summed E-state index contributed by atoms with van der Waals surface area (Å²) in [6, 6.07) is 27.9. The smallest absolute Gasteiger partial charge is 0.339 e. The van der Waals surface area contributed by atoms with Gasteiger partial charge in [0.25, 0.3) is 5.91 Å². The van der Waals surface area contributed by atoms with Crippen molar-refractivity contribution in [2.45, 2.75) is 6.10 Å². The molecule has 4 aromatic carbocycles. The van der Waals surface area contributed by atoms with Gasteiger partial charge in [-0.2, -0.15) is 0 Å². The summed E-state index contributed by atoms with van der Waals surface area (Å²) < 4.78 is 11.6. The standard InChI is InChI=1S/C32H22N2O6S/c1-39-19-15-16-24-25(17-19)41-32(33-24)34-30(37)28(36)26(29-22-13-7-8-14-23(22)31(38)40-29)27(35)21-12-6-5-11-20(21)18-9-3-2-4-10-18/h2-17,26,29H,1H3,(H,33,34,37)/t26-,29-/m0/s1. The summed E-state index contributed by atoms with van der Waals surface area (Å²) in [6.45, 7) is 0. The third-order valence-electron chi connectivity index (χ3n) is 6.91. The van der Waals surface area contributed by atoms with Crippen LogP contribution in [0.5, 0.6) is 5.75 Å². The van der Waals surface area contributed by atoms with Crippen LogP contribution in [0, 0.1) is 5.92 Å². The Kier molecular flexibility index (Phi) is 6.86. The van der Waals surface area contributed by atoms with Gasteiger partial charge in [0.15, 0.2) is 10.9 Å². The van der Waals surface area contributed by atoms with Crippen LogP contribution in [0.3, 0.4) is 0 Å². The number of benzene rings is 4. The van der Waals surface area contributed by atoms with Crippen LogP contribution in [-0.2, 0) is 14.3 Å². The Morgan fingerprint density at radius 2 is 1.61 bits per heavy atom. The molecule has 8 nitrogen and oxygen atoms in total. The number of hydrogen-bond donors (Lipinski definition) is 1. The van der Waals surface area contributed by atoms with Crippen LogP contribution in [0.1, 0.15) is 32.4 Å². The summed E-state index contributed by atoms with van der Waals surface area (Å²) in [5.74, 6) is -4.36. The third kappa shape index (κ3) is 4.87. The quantitative estimate of drug-likeness (QED) is 0.109. The number of amides is 1. The van der Waals surface area contributed by atoms with E-state index in [1.165, 1.54) is 0 Å². The highest BCUT2D eigenvalue weighted by atomic mass is 32.1. The molecule has 1 amide bonds. The zero-order valence-electron chi connectivity index (χ0n) is 21.7. The van der Waals surface area contributed by atoms with Crippen LogP contribution in [0.25, 0.3) is 21.3 Å². The van der Waals surface area contributed by atoms with E-state index in [-0.39, 0.29) is 16.3 Å². The zero-order chi connectivity index (χ0) is 28.5. The van der Waals surface area contributed by atoms with Crippen LogP contribution < -0.4 is 10.1 Å². The molecule has 1 aliphatic rings. The highest BCUT2D eigenvalue weighted by Gasteiger charge is 2.46. The summed E-state index contributed by atoms with van der Waals surface area (Å²) in [5, 5.41) is 2.73. The van der Waals surface area contributed by atoms with E-state index in [2.05, 4.69) is 10.3 Å². The van der Waals surface area contributed by atoms with E-state index in [0.717, 1.165) is 21.6 Å². The lowest BCUT2D eigenvalue weighted by atomic mass is 9.82. The lowest BCUT2D eigenvalue weighted by molar-refractivity contribution is -0.138. The maximum atomic E-state index is 14.2. The molecule has 2 atom stereocenters. The van der Waals surface area contributed by atoms with Gasteiger partial charge in [-0.1, -0.05) is 84.1 Å². The van der Waals surface area contributed by atoms with E-state index in [0.29, 0.717) is 22.4 Å². The monoisotopic (exact) mass is 562 g/mol. The predicted molar refractivity (Wildman–Crippen MR) is 154 cm³/mol. The number of cyclic esters (lactones) is 1. The molecule has 0 saturated carbocycles. The zero-order valence-corrected chi connectivity index (χ0v) is 22.5. The number of nitrogens with zero attached hydrogens (tertiary/aromatic N) is 1. The molecule has 0 spiro atoms. The number of methoxy groups -OCH3 is 1. The minimum atomic E-state index is -1.62. The van der Waals surface area contributed by atoms with Gasteiger partial charge in [-0.25, -0.2) is 9.78 Å². The molecule has 202 valence electrons. The molecule has 1 N–H and O–H groups in total. The topological polar surface area (TPSA) is 112 Å². The van der Waals surface area contributed by atoms with Gasteiger partial charge in [0.1, 0.15) is 17.8 Å². The molecule has 9 heteroatoms. The minimum Gasteiger partial charge on any atom is -0.497 e. The van der Waals surface area contributed by atoms with Crippen molar-refractivity contribution in [3.8, 4) is 16.9 Å². The first kappa shape index (κ1) is 26.1. The number of anilines is 1. The van der Waals surface area contributed by atoms with Gasteiger partial charge in [-0.15, -0.1) is 0 Å². The fourth-order valence-corrected chi connectivity index (χ4v) is 5.82. The second-order valence-corrected chi connectivity index (χ2v) is 10.4. The van der Waals surface area contributed by atoms with Crippen LogP contribution in [0.2, 0.25) is 0 Å². The van der Waals surface area contributed by atoms with Crippen LogP contribution in [0.4, 0.5) is 5.13 Å². The normalized spacial score (nSPS) is 14.7. The summed E-state index contributed by atoms with van der Waals surface area (Å²) in [7, 11) is 1.55. The average molecular weight is 563 g/mol. The number of carbonyl (C=O) groups excluding carboxylic acids is 4. The number of ketones is 2. The maximum absolute atomic E-state index is 14.2. The molecule has 0 saturated heterocycles. The molecular formula is C32H22N2O6S. The second kappa shape index (κ2) is 10.8. The second-order valence-electron chi connectivity index (χ2n) is 9.34. The Hall–Kier alpha value is -5.15. The number of ether oxygens (including phenoxy) is 2. The van der Waals surface area contributed by atoms with Crippen LogP contribution in [0.15, 0.2) is 97.1 Å². The molecule has 5 aromatic rings. The first-order valence-corrected chi connectivity index (χ1v) is 13.5. The van der Waals surface area contributed by atoms with E-state index < -0.39 is 35.5 Å². The Morgan fingerprint density at radius 3 is 2.39 bits per heavy atom. The molecular weight excluding hydrogens is 540 g/mol. The number of carbonyl (C=O) groups is 4. The molecule has 41 heavy (non-hydrogen) atoms. The van der Waals surface area contributed by atoms with Crippen molar-refractivity contribution in [3.05, 3.63) is 114 Å². The number of nitrogens with one attached hydrogen (secondary N) is 1. The largest absolute Gasteiger partial charge is 0.497 e. The van der Waals surface area contributed by atoms with Crippen LogP contribution in [-0.4, -0.2) is 35.5 Å². The predicted octanol–water partition coefficient (Wildman–Crippen LogP) is 5.89. The number of esters is 1. The average Bonchev–Trinajstić information content (AvgIpc) is 3.57. The van der Waals surface area contributed by atoms with E-state index in [1.807, 2.05) is 30.3 Å².